The molecule has 0 unspecified atom stereocenters. The summed E-state index contributed by atoms with van der Waals surface area (Å²) in [6.45, 7) is 1.95. The van der Waals surface area contributed by atoms with Crippen LogP contribution in [0, 0.1) is 11.6 Å². The Kier molecular flexibility index (Phi) is 6.64. The van der Waals surface area contributed by atoms with Gasteiger partial charge in [0.15, 0.2) is 0 Å². The summed E-state index contributed by atoms with van der Waals surface area (Å²) < 4.78 is 79.3. The second-order valence-electron chi connectivity index (χ2n) is 6.55. The molecule has 0 radical (unpaired) electrons. The van der Waals surface area contributed by atoms with Crippen molar-refractivity contribution in [3.63, 3.8) is 0 Å². The lowest BCUT2D eigenvalue weighted by Crippen LogP contribution is -2.50. The molecular weight excluding hydrogens is 424 g/mol. The van der Waals surface area contributed by atoms with Crippen molar-refractivity contribution in [2.24, 2.45) is 0 Å². The van der Waals surface area contributed by atoms with Crippen molar-refractivity contribution in [3.8, 4) is 0 Å². The smallest absolute Gasteiger partial charge is 0.243 e. The number of nitrogens with one attached hydrogen (secondary N) is 1. The largest absolute Gasteiger partial charge is 0.299 e. The standard InChI is InChI=1S/C18H21F2N3O4S2/c19-15-1-5-17(6-2-15)28(24,25)21-9-10-22-11-13-23(14-12-22)29(26,27)18-7-3-16(20)4-8-18/h1-8,21H,9-14H2. The summed E-state index contributed by atoms with van der Waals surface area (Å²) >= 11 is 0. The average molecular weight is 446 g/mol. The summed E-state index contributed by atoms with van der Waals surface area (Å²) in [6.07, 6.45) is 0. The van der Waals surface area contributed by atoms with Crippen LogP contribution >= 0.6 is 0 Å². The molecule has 158 valence electrons. The van der Waals surface area contributed by atoms with Crippen LogP contribution in [0.2, 0.25) is 0 Å². The Bertz CT molecular complexity index is 1030. The molecule has 2 aromatic rings. The molecule has 7 nitrogen and oxygen atoms in total. The Labute approximate surface area is 169 Å². The van der Waals surface area contributed by atoms with E-state index in [0.717, 1.165) is 24.3 Å². The topological polar surface area (TPSA) is 86.8 Å². The van der Waals surface area contributed by atoms with E-state index in [-0.39, 0.29) is 29.4 Å². The molecule has 1 fully saturated rings. The minimum Gasteiger partial charge on any atom is -0.299 e. The van der Waals surface area contributed by atoms with Gasteiger partial charge in [0.1, 0.15) is 11.6 Å². The highest BCUT2D eigenvalue weighted by atomic mass is 32.2. The van der Waals surface area contributed by atoms with Crippen molar-refractivity contribution in [3.05, 3.63) is 60.2 Å². The van der Waals surface area contributed by atoms with Gasteiger partial charge in [-0.15, -0.1) is 0 Å². The number of piperazine rings is 1. The van der Waals surface area contributed by atoms with Gasteiger partial charge in [0.05, 0.1) is 9.79 Å². The lowest BCUT2D eigenvalue weighted by atomic mass is 10.3. The quantitative estimate of drug-likeness (QED) is 0.693. The van der Waals surface area contributed by atoms with E-state index >= 15 is 0 Å². The monoisotopic (exact) mass is 445 g/mol. The third-order valence-corrected chi connectivity index (χ3v) is 8.02. The van der Waals surface area contributed by atoms with E-state index in [0.29, 0.717) is 19.6 Å². The van der Waals surface area contributed by atoms with Crippen molar-refractivity contribution < 1.29 is 25.6 Å². The minimum absolute atomic E-state index is 0.0193. The van der Waals surface area contributed by atoms with E-state index in [1.807, 2.05) is 4.90 Å². The number of rotatable bonds is 7. The van der Waals surface area contributed by atoms with Crippen LogP contribution in [0.1, 0.15) is 0 Å². The van der Waals surface area contributed by atoms with Crippen molar-refractivity contribution in [2.75, 3.05) is 39.3 Å². The van der Waals surface area contributed by atoms with Gasteiger partial charge in [-0.2, -0.15) is 4.31 Å². The second-order valence-corrected chi connectivity index (χ2v) is 10.3. The summed E-state index contributed by atoms with van der Waals surface area (Å²) in [7, 11) is -7.42. The molecule has 0 atom stereocenters. The van der Waals surface area contributed by atoms with Gasteiger partial charge in [-0.25, -0.2) is 30.3 Å². The molecule has 1 aliphatic heterocycles. The third-order valence-electron chi connectivity index (χ3n) is 4.63. The second kappa shape index (κ2) is 8.84. The Morgan fingerprint density at radius 3 is 1.76 bits per heavy atom. The number of sulfonamides is 2. The summed E-state index contributed by atoms with van der Waals surface area (Å²) in [4.78, 5) is 1.97. The highest BCUT2D eigenvalue weighted by Gasteiger charge is 2.28. The average Bonchev–Trinajstić information content (AvgIpc) is 2.69. The normalized spacial score (nSPS) is 16.8. The molecule has 0 spiro atoms. The number of hydrogen-bond acceptors (Lipinski definition) is 5. The maximum absolute atomic E-state index is 13.0. The molecule has 0 amide bonds. The zero-order valence-corrected chi connectivity index (χ0v) is 17.1. The predicted molar refractivity (Wildman–Crippen MR) is 103 cm³/mol. The lowest BCUT2D eigenvalue weighted by molar-refractivity contribution is 0.191. The lowest BCUT2D eigenvalue weighted by Gasteiger charge is -2.33. The zero-order valence-electron chi connectivity index (χ0n) is 15.5. The number of benzene rings is 2. The molecule has 1 N–H and O–H groups in total. The molecular formula is C18H21F2N3O4S2. The fourth-order valence-electron chi connectivity index (χ4n) is 2.98. The van der Waals surface area contributed by atoms with Crippen LogP contribution in [-0.4, -0.2) is 65.3 Å². The van der Waals surface area contributed by atoms with E-state index in [1.165, 1.54) is 28.6 Å². The first kappa shape index (κ1) is 21.8. The van der Waals surface area contributed by atoms with E-state index in [1.54, 1.807) is 0 Å². The highest BCUT2D eigenvalue weighted by Crippen LogP contribution is 2.18. The maximum Gasteiger partial charge on any atom is 0.243 e. The Morgan fingerprint density at radius 1 is 0.759 bits per heavy atom. The van der Waals surface area contributed by atoms with Gasteiger partial charge >= 0.3 is 0 Å². The third kappa shape index (κ3) is 5.37. The van der Waals surface area contributed by atoms with Gasteiger partial charge in [-0.1, -0.05) is 0 Å². The van der Waals surface area contributed by atoms with E-state index in [4.69, 9.17) is 0 Å². The molecule has 1 aliphatic rings. The molecule has 0 bridgehead atoms. The van der Waals surface area contributed by atoms with Crippen molar-refractivity contribution in [1.29, 1.82) is 0 Å². The van der Waals surface area contributed by atoms with Gasteiger partial charge < -0.3 is 0 Å². The minimum atomic E-state index is -3.73. The van der Waals surface area contributed by atoms with Crippen LogP contribution in [0.3, 0.4) is 0 Å². The molecule has 2 aromatic carbocycles. The molecule has 0 aliphatic carbocycles. The van der Waals surface area contributed by atoms with Crippen LogP contribution in [0.5, 0.6) is 0 Å². The molecule has 3 rings (SSSR count). The van der Waals surface area contributed by atoms with Crippen LogP contribution < -0.4 is 4.72 Å². The Hall–Kier alpha value is -1.92. The zero-order chi connectivity index (χ0) is 21.1. The maximum atomic E-state index is 13.0. The summed E-state index contributed by atoms with van der Waals surface area (Å²) in [6, 6.07) is 9.23. The summed E-state index contributed by atoms with van der Waals surface area (Å²) in [5.41, 5.74) is 0. The Balaban J connectivity index is 1.50. The molecule has 11 heteroatoms. The number of nitrogens with zero attached hydrogens (tertiary/aromatic N) is 2. The van der Waals surface area contributed by atoms with Gasteiger partial charge in [-0.3, -0.25) is 4.90 Å². The molecule has 1 heterocycles. The van der Waals surface area contributed by atoms with Gasteiger partial charge in [0.2, 0.25) is 20.0 Å². The van der Waals surface area contributed by atoms with Gasteiger partial charge in [-0.05, 0) is 48.5 Å². The summed E-state index contributed by atoms with van der Waals surface area (Å²) in [5, 5.41) is 0. The van der Waals surface area contributed by atoms with Crippen LogP contribution in [0.25, 0.3) is 0 Å². The van der Waals surface area contributed by atoms with E-state index in [9.17, 15) is 25.6 Å². The van der Waals surface area contributed by atoms with E-state index < -0.39 is 31.7 Å². The molecule has 0 saturated carbocycles. The first-order chi connectivity index (χ1) is 13.7. The molecule has 29 heavy (non-hydrogen) atoms. The number of hydrogen-bond donors (Lipinski definition) is 1. The van der Waals surface area contributed by atoms with E-state index in [2.05, 4.69) is 4.72 Å². The van der Waals surface area contributed by atoms with Gasteiger partial charge in [0.25, 0.3) is 0 Å². The highest BCUT2D eigenvalue weighted by molar-refractivity contribution is 7.89. The van der Waals surface area contributed by atoms with Crippen LogP contribution in [-0.2, 0) is 20.0 Å². The van der Waals surface area contributed by atoms with Gasteiger partial charge in [0, 0.05) is 39.3 Å². The van der Waals surface area contributed by atoms with Crippen LogP contribution in [0.15, 0.2) is 58.3 Å². The summed E-state index contributed by atoms with van der Waals surface area (Å²) in [5.74, 6) is -1.02. The fraction of sp³-hybridized carbons (Fsp3) is 0.333. The van der Waals surface area contributed by atoms with Crippen molar-refractivity contribution in [1.82, 2.24) is 13.9 Å². The predicted octanol–water partition coefficient (Wildman–Crippen LogP) is 1.25. The number of halogens is 2. The first-order valence-electron chi connectivity index (χ1n) is 8.92. The van der Waals surface area contributed by atoms with Crippen molar-refractivity contribution >= 4 is 20.0 Å². The van der Waals surface area contributed by atoms with Crippen LogP contribution in [0.4, 0.5) is 8.78 Å². The molecule has 1 saturated heterocycles. The first-order valence-corrected chi connectivity index (χ1v) is 11.8. The molecule has 0 aromatic heterocycles. The Morgan fingerprint density at radius 2 is 1.24 bits per heavy atom. The fourth-order valence-corrected chi connectivity index (χ4v) is 5.43. The SMILES string of the molecule is O=S(=O)(NCCN1CCN(S(=O)(=O)c2ccc(F)cc2)CC1)c1ccc(F)cc1. The van der Waals surface area contributed by atoms with Crippen molar-refractivity contribution in [2.45, 2.75) is 9.79 Å².